The molecule has 10 heavy (non-hydrogen) atoms. The van der Waals surface area contributed by atoms with E-state index in [9.17, 15) is 4.79 Å². The summed E-state index contributed by atoms with van der Waals surface area (Å²) in [5.41, 5.74) is 0.602. The standard InChI is InChI=1S/C4H3N5O/c10-4-2-3(6-1-5-2)7-9-8-4/h1H,(H2,5,6,7,8,10)/p+1. The Kier molecular flexibility index (Phi) is 0.830. The van der Waals surface area contributed by atoms with E-state index in [0.717, 1.165) is 0 Å². The van der Waals surface area contributed by atoms with E-state index >= 15 is 0 Å². The topological polar surface area (TPSA) is 88.6 Å². The average molecular weight is 138 g/mol. The maximum atomic E-state index is 10.8. The van der Waals surface area contributed by atoms with E-state index in [-0.39, 0.29) is 5.56 Å². The SMILES string of the molecule is O=c1[nH]nnc2[nH+]c[nH]c12. The highest BCUT2D eigenvalue weighted by Gasteiger charge is 2.06. The Morgan fingerprint density at radius 2 is 2.50 bits per heavy atom. The van der Waals surface area contributed by atoms with Crippen molar-refractivity contribution in [1.82, 2.24) is 20.4 Å². The highest BCUT2D eigenvalue weighted by atomic mass is 16.1. The van der Waals surface area contributed by atoms with Crippen molar-refractivity contribution in [3.63, 3.8) is 0 Å². The van der Waals surface area contributed by atoms with E-state index in [1.165, 1.54) is 6.33 Å². The minimum atomic E-state index is -0.272. The van der Waals surface area contributed by atoms with Gasteiger partial charge < -0.3 is 0 Å². The summed E-state index contributed by atoms with van der Waals surface area (Å²) in [5.74, 6) is 0. The molecule has 0 radical (unpaired) electrons. The van der Waals surface area contributed by atoms with Crippen molar-refractivity contribution < 1.29 is 4.98 Å². The van der Waals surface area contributed by atoms with Gasteiger partial charge in [-0.3, -0.25) is 9.78 Å². The molecule has 6 heteroatoms. The number of aromatic amines is 3. The summed E-state index contributed by atoms with van der Waals surface area (Å²) in [6.45, 7) is 0. The van der Waals surface area contributed by atoms with Gasteiger partial charge in [0.05, 0.1) is 0 Å². The van der Waals surface area contributed by atoms with Crippen LogP contribution < -0.4 is 10.5 Å². The second kappa shape index (κ2) is 1.63. The molecular formula is C4H4N5O+. The summed E-state index contributed by atoms with van der Waals surface area (Å²) in [7, 11) is 0. The summed E-state index contributed by atoms with van der Waals surface area (Å²) < 4.78 is 0. The van der Waals surface area contributed by atoms with Crippen molar-refractivity contribution in [1.29, 1.82) is 0 Å². The van der Waals surface area contributed by atoms with Crippen LogP contribution in [0.3, 0.4) is 0 Å². The first kappa shape index (κ1) is 5.10. The smallest absolute Gasteiger partial charge is 0.269 e. The number of aromatic nitrogens is 5. The molecule has 50 valence electrons. The average Bonchev–Trinajstić information content (AvgIpc) is 2.36. The van der Waals surface area contributed by atoms with Crippen LogP contribution in [0.1, 0.15) is 0 Å². The molecule has 0 aliphatic heterocycles. The van der Waals surface area contributed by atoms with Gasteiger partial charge in [-0.05, 0) is 0 Å². The van der Waals surface area contributed by atoms with Gasteiger partial charge in [0.25, 0.3) is 0 Å². The molecule has 0 aliphatic rings. The van der Waals surface area contributed by atoms with Crippen LogP contribution in [0.2, 0.25) is 0 Å². The fourth-order valence-corrected chi connectivity index (χ4v) is 0.745. The molecule has 0 fully saturated rings. The van der Waals surface area contributed by atoms with E-state index in [1.54, 1.807) is 0 Å². The summed E-state index contributed by atoms with van der Waals surface area (Å²) in [5, 5.41) is 9.15. The molecule has 0 aromatic carbocycles. The third-order valence-corrected chi connectivity index (χ3v) is 1.19. The molecule has 2 heterocycles. The van der Waals surface area contributed by atoms with Crippen molar-refractivity contribution in [2.75, 3.05) is 0 Å². The third-order valence-electron chi connectivity index (χ3n) is 1.19. The molecule has 2 rings (SSSR count). The van der Waals surface area contributed by atoms with Gasteiger partial charge >= 0.3 is 11.2 Å². The lowest BCUT2D eigenvalue weighted by Crippen LogP contribution is -2.11. The summed E-state index contributed by atoms with van der Waals surface area (Å²) in [6.07, 6.45) is 1.52. The number of nitrogens with one attached hydrogen (secondary N) is 3. The second-order valence-corrected chi connectivity index (χ2v) is 1.80. The molecule has 6 nitrogen and oxygen atoms in total. The molecular weight excluding hydrogens is 134 g/mol. The monoisotopic (exact) mass is 138 g/mol. The number of hydrogen-bond donors (Lipinski definition) is 2. The molecule has 2 aromatic rings. The van der Waals surface area contributed by atoms with Crippen molar-refractivity contribution in [3.8, 4) is 0 Å². The molecule has 3 N–H and O–H groups in total. The van der Waals surface area contributed by atoms with Gasteiger partial charge in [-0.25, -0.2) is 10.1 Å². The van der Waals surface area contributed by atoms with Gasteiger partial charge in [0.15, 0.2) is 6.33 Å². The van der Waals surface area contributed by atoms with Crippen LogP contribution in [0.5, 0.6) is 0 Å². The van der Waals surface area contributed by atoms with Crippen LogP contribution in [0.4, 0.5) is 0 Å². The lowest BCUT2D eigenvalue weighted by molar-refractivity contribution is -0.347. The zero-order chi connectivity index (χ0) is 6.97. The highest BCUT2D eigenvalue weighted by molar-refractivity contribution is 5.62. The Balaban J connectivity index is 3.09. The van der Waals surface area contributed by atoms with Gasteiger partial charge in [0, 0.05) is 10.3 Å². The van der Waals surface area contributed by atoms with Crippen LogP contribution in [0.25, 0.3) is 11.2 Å². The number of H-pyrrole nitrogens is 3. The van der Waals surface area contributed by atoms with Crippen LogP contribution in [0.15, 0.2) is 11.1 Å². The predicted octanol–water partition coefficient (Wildman–Crippen LogP) is -1.54. The van der Waals surface area contributed by atoms with Crippen molar-refractivity contribution in [3.05, 3.63) is 16.7 Å². The lowest BCUT2D eigenvalue weighted by atomic mass is 10.6. The van der Waals surface area contributed by atoms with E-state index < -0.39 is 0 Å². The predicted molar refractivity (Wildman–Crippen MR) is 31.1 cm³/mol. The van der Waals surface area contributed by atoms with Gasteiger partial charge in [-0.1, -0.05) is 0 Å². The second-order valence-electron chi connectivity index (χ2n) is 1.80. The van der Waals surface area contributed by atoms with E-state index in [0.29, 0.717) is 11.2 Å². The molecule has 0 aliphatic carbocycles. The molecule has 2 aromatic heterocycles. The summed E-state index contributed by atoms with van der Waals surface area (Å²) in [6, 6.07) is 0. The minimum Gasteiger partial charge on any atom is -0.269 e. The largest absolute Gasteiger partial charge is 0.332 e. The van der Waals surface area contributed by atoms with Crippen molar-refractivity contribution in [2.24, 2.45) is 0 Å². The summed E-state index contributed by atoms with van der Waals surface area (Å²) >= 11 is 0. The van der Waals surface area contributed by atoms with Crippen LogP contribution in [0, 0.1) is 0 Å². The fraction of sp³-hybridized carbons (Fsp3) is 0. The Morgan fingerprint density at radius 1 is 1.60 bits per heavy atom. The van der Waals surface area contributed by atoms with Crippen LogP contribution in [-0.2, 0) is 0 Å². The lowest BCUT2D eigenvalue weighted by Gasteiger charge is -1.73. The van der Waals surface area contributed by atoms with E-state index in [2.05, 4.69) is 25.4 Å². The third kappa shape index (κ3) is 0.524. The molecule has 0 spiro atoms. The number of fused-ring (bicyclic) bond motifs is 1. The Morgan fingerprint density at radius 3 is 3.30 bits per heavy atom. The minimum absolute atomic E-state index is 0.272. The maximum absolute atomic E-state index is 10.8. The van der Waals surface area contributed by atoms with Crippen molar-refractivity contribution in [2.45, 2.75) is 0 Å². The van der Waals surface area contributed by atoms with Crippen LogP contribution >= 0.6 is 0 Å². The van der Waals surface area contributed by atoms with Gasteiger partial charge in [0.2, 0.25) is 5.52 Å². The molecule has 0 saturated carbocycles. The Labute approximate surface area is 54.3 Å². The first-order chi connectivity index (χ1) is 4.88. The number of rotatable bonds is 0. The Bertz CT molecular complexity index is 401. The van der Waals surface area contributed by atoms with Crippen molar-refractivity contribution >= 4 is 11.2 Å². The van der Waals surface area contributed by atoms with Gasteiger partial charge in [0.1, 0.15) is 0 Å². The zero-order valence-electron chi connectivity index (χ0n) is 4.88. The Hall–Kier alpha value is -1.72. The van der Waals surface area contributed by atoms with E-state index in [4.69, 9.17) is 0 Å². The van der Waals surface area contributed by atoms with Gasteiger partial charge in [-0.15, -0.1) is 0 Å². The first-order valence-electron chi connectivity index (χ1n) is 2.68. The quantitative estimate of drug-likeness (QED) is 0.462. The molecule has 0 unspecified atom stereocenters. The fourth-order valence-electron chi connectivity index (χ4n) is 0.745. The maximum Gasteiger partial charge on any atom is 0.332 e. The summed E-state index contributed by atoms with van der Waals surface area (Å²) in [4.78, 5) is 16.2. The number of imidazole rings is 1. The first-order valence-corrected chi connectivity index (χ1v) is 2.68. The molecule has 0 atom stereocenters. The van der Waals surface area contributed by atoms with E-state index in [1.807, 2.05) is 0 Å². The zero-order valence-corrected chi connectivity index (χ0v) is 4.88. The van der Waals surface area contributed by atoms with Gasteiger partial charge in [-0.2, -0.15) is 0 Å². The number of nitrogens with zero attached hydrogens (tertiary/aromatic N) is 2. The number of hydrogen-bond acceptors (Lipinski definition) is 3. The molecule has 0 amide bonds. The molecule has 0 bridgehead atoms. The molecule has 0 saturated heterocycles. The normalized spacial score (nSPS) is 10.4. The van der Waals surface area contributed by atoms with Crippen LogP contribution in [-0.4, -0.2) is 20.4 Å². The highest BCUT2D eigenvalue weighted by Crippen LogP contribution is 1.87.